The summed E-state index contributed by atoms with van der Waals surface area (Å²) in [5, 5.41) is 13.9. The van der Waals surface area contributed by atoms with E-state index in [-0.39, 0.29) is 16.1 Å². The van der Waals surface area contributed by atoms with Crippen LogP contribution in [0.4, 0.5) is 5.69 Å². The molecule has 0 spiro atoms. The molecule has 0 saturated carbocycles. The lowest BCUT2D eigenvalue weighted by atomic mass is 9.94. The molecule has 1 aromatic carbocycles. The van der Waals surface area contributed by atoms with Crippen LogP contribution in [0.2, 0.25) is 0 Å². The first-order valence-corrected chi connectivity index (χ1v) is 5.28. The number of rotatable bonds is 4. The molecular weight excluding hydrogens is 204 g/mol. The van der Waals surface area contributed by atoms with Gasteiger partial charge in [-0.05, 0) is 45.9 Å². The summed E-state index contributed by atoms with van der Waals surface area (Å²) in [5.74, 6) is 0. The Kier molecular flexibility index (Phi) is 3.65. The molecule has 4 heteroatoms. The minimum absolute atomic E-state index is 0.00255. The molecule has 0 bridgehead atoms. The van der Waals surface area contributed by atoms with Crippen molar-refractivity contribution in [2.24, 2.45) is 0 Å². The Hall–Kier alpha value is -1.42. The maximum absolute atomic E-state index is 10.7. The van der Waals surface area contributed by atoms with Crippen molar-refractivity contribution in [2.75, 3.05) is 7.05 Å². The highest BCUT2D eigenvalue weighted by Crippen LogP contribution is 2.21. The number of benzene rings is 1. The van der Waals surface area contributed by atoms with Crippen LogP contribution in [0, 0.1) is 17.0 Å². The largest absolute Gasteiger partial charge is 0.314 e. The molecule has 1 aromatic rings. The molecule has 0 amide bonds. The Bertz CT molecular complexity index is 400. The van der Waals surface area contributed by atoms with Crippen molar-refractivity contribution in [2.45, 2.75) is 32.7 Å². The molecule has 0 saturated heterocycles. The number of nitro benzene ring substituents is 1. The number of nitrogens with zero attached hydrogens (tertiary/aromatic N) is 1. The van der Waals surface area contributed by atoms with Crippen LogP contribution in [-0.2, 0) is 6.42 Å². The van der Waals surface area contributed by atoms with E-state index in [9.17, 15) is 10.1 Å². The molecule has 0 radical (unpaired) electrons. The van der Waals surface area contributed by atoms with Crippen LogP contribution in [0.25, 0.3) is 0 Å². The minimum atomic E-state index is -0.345. The molecule has 4 nitrogen and oxygen atoms in total. The number of likely N-dealkylation sites (N-methyl/N-ethyl adjacent to an activating group) is 1. The van der Waals surface area contributed by atoms with Crippen molar-refractivity contribution in [3.05, 3.63) is 39.4 Å². The fourth-order valence-electron chi connectivity index (χ4n) is 1.63. The lowest BCUT2D eigenvalue weighted by Crippen LogP contribution is -2.38. The third kappa shape index (κ3) is 3.03. The first-order valence-electron chi connectivity index (χ1n) is 5.28. The first-order chi connectivity index (χ1) is 7.35. The van der Waals surface area contributed by atoms with Gasteiger partial charge in [0, 0.05) is 17.2 Å². The van der Waals surface area contributed by atoms with Gasteiger partial charge in [0.25, 0.3) is 5.69 Å². The zero-order valence-electron chi connectivity index (χ0n) is 10.2. The Morgan fingerprint density at radius 2 is 2.06 bits per heavy atom. The van der Waals surface area contributed by atoms with Gasteiger partial charge in [-0.1, -0.05) is 6.07 Å². The van der Waals surface area contributed by atoms with Crippen molar-refractivity contribution in [3.63, 3.8) is 0 Å². The maximum atomic E-state index is 10.7. The zero-order valence-corrected chi connectivity index (χ0v) is 10.2. The molecule has 0 aliphatic carbocycles. The molecule has 1 N–H and O–H groups in total. The van der Waals surface area contributed by atoms with Gasteiger partial charge >= 0.3 is 0 Å². The van der Waals surface area contributed by atoms with Crippen molar-refractivity contribution < 1.29 is 4.92 Å². The van der Waals surface area contributed by atoms with Gasteiger partial charge in [0.2, 0.25) is 0 Å². The molecule has 88 valence electrons. The molecular formula is C12H18N2O2. The minimum Gasteiger partial charge on any atom is -0.314 e. The van der Waals surface area contributed by atoms with Gasteiger partial charge in [0.1, 0.15) is 0 Å². The predicted molar refractivity (Wildman–Crippen MR) is 64.7 cm³/mol. The smallest absolute Gasteiger partial charge is 0.272 e. The van der Waals surface area contributed by atoms with E-state index in [2.05, 4.69) is 19.2 Å². The van der Waals surface area contributed by atoms with E-state index >= 15 is 0 Å². The quantitative estimate of drug-likeness (QED) is 0.629. The van der Waals surface area contributed by atoms with Gasteiger partial charge in [0.05, 0.1) is 4.92 Å². The number of nitrogens with one attached hydrogen (secondary N) is 1. The van der Waals surface area contributed by atoms with Crippen molar-refractivity contribution in [1.82, 2.24) is 5.32 Å². The van der Waals surface area contributed by atoms with E-state index in [1.54, 1.807) is 13.0 Å². The van der Waals surface area contributed by atoms with E-state index in [1.165, 1.54) is 0 Å². The summed E-state index contributed by atoms with van der Waals surface area (Å²) in [7, 11) is 1.91. The fraction of sp³-hybridized carbons (Fsp3) is 0.500. The van der Waals surface area contributed by atoms with Gasteiger partial charge in [-0.3, -0.25) is 10.1 Å². The Morgan fingerprint density at radius 1 is 1.44 bits per heavy atom. The number of aryl methyl sites for hydroxylation is 1. The number of hydrogen-bond acceptors (Lipinski definition) is 3. The number of nitro groups is 1. The summed E-state index contributed by atoms with van der Waals surface area (Å²) < 4.78 is 0. The SMILES string of the molecule is CNC(C)(C)Cc1ccc([N+](=O)[O-])c(C)c1. The predicted octanol–water partition coefficient (Wildman–Crippen LogP) is 2.44. The second kappa shape index (κ2) is 4.61. The standard InChI is InChI=1S/C12H18N2O2/c1-9-7-10(8-12(2,3)13-4)5-6-11(9)14(15)16/h5-7,13H,8H2,1-4H3. The van der Waals surface area contributed by atoms with Crippen LogP contribution in [-0.4, -0.2) is 17.5 Å². The van der Waals surface area contributed by atoms with Crippen LogP contribution >= 0.6 is 0 Å². The average molecular weight is 222 g/mol. The number of hydrogen-bond donors (Lipinski definition) is 1. The summed E-state index contributed by atoms with van der Waals surface area (Å²) in [6.45, 7) is 5.97. The lowest BCUT2D eigenvalue weighted by molar-refractivity contribution is -0.385. The van der Waals surface area contributed by atoms with E-state index in [4.69, 9.17) is 0 Å². The molecule has 0 unspecified atom stereocenters. The highest BCUT2D eigenvalue weighted by Gasteiger charge is 2.17. The van der Waals surface area contributed by atoms with Crippen molar-refractivity contribution >= 4 is 5.69 Å². The fourth-order valence-corrected chi connectivity index (χ4v) is 1.63. The highest BCUT2D eigenvalue weighted by molar-refractivity contribution is 5.42. The van der Waals surface area contributed by atoms with Crippen LogP contribution in [0.3, 0.4) is 0 Å². The van der Waals surface area contributed by atoms with Gasteiger partial charge in [-0.25, -0.2) is 0 Å². The van der Waals surface area contributed by atoms with Crippen LogP contribution in [0.1, 0.15) is 25.0 Å². The van der Waals surface area contributed by atoms with Gasteiger partial charge < -0.3 is 5.32 Å². The van der Waals surface area contributed by atoms with Gasteiger partial charge in [0.15, 0.2) is 0 Å². The topological polar surface area (TPSA) is 55.2 Å². The third-order valence-electron chi connectivity index (χ3n) is 2.78. The second-order valence-corrected chi connectivity index (χ2v) is 4.69. The van der Waals surface area contributed by atoms with Crippen LogP contribution < -0.4 is 5.32 Å². The second-order valence-electron chi connectivity index (χ2n) is 4.69. The summed E-state index contributed by atoms with van der Waals surface area (Å²) in [6.07, 6.45) is 0.850. The lowest BCUT2D eigenvalue weighted by Gasteiger charge is -2.24. The Morgan fingerprint density at radius 3 is 2.50 bits per heavy atom. The normalized spacial score (nSPS) is 11.5. The average Bonchev–Trinajstić information content (AvgIpc) is 2.16. The third-order valence-corrected chi connectivity index (χ3v) is 2.78. The summed E-state index contributed by atoms with van der Waals surface area (Å²) in [4.78, 5) is 10.3. The zero-order chi connectivity index (χ0) is 12.3. The Labute approximate surface area is 95.8 Å². The molecule has 0 aliphatic heterocycles. The molecule has 0 fully saturated rings. The summed E-state index contributed by atoms with van der Waals surface area (Å²) in [5.41, 5.74) is 2.02. The summed E-state index contributed by atoms with van der Waals surface area (Å²) >= 11 is 0. The van der Waals surface area contributed by atoms with Crippen molar-refractivity contribution in [1.29, 1.82) is 0 Å². The van der Waals surface area contributed by atoms with Crippen LogP contribution in [0.5, 0.6) is 0 Å². The van der Waals surface area contributed by atoms with Crippen molar-refractivity contribution in [3.8, 4) is 0 Å². The monoisotopic (exact) mass is 222 g/mol. The molecule has 1 rings (SSSR count). The van der Waals surface area contributed by atoms with Gasteiger partial charge in [-0.2, -0.15) is 0 Å². The van der Waals surface area contributed by atoms with Crippen LogP contribution in [0.15, 0.2) is 18.2 Å². The van der Waals surface area contributed by atoms with E-state index in [0.717, 1.165) is 17.5 Å². The van der Waals surface area contributed by atoms with E-state index in [1.807, 2.05) is 19.2 Å². The summed E-state index contributed by atoms with van der Waals surface area (Å²) in [6, 6.07) is 5.29. The van der Waals surface area contributed by atoms with E-state index < -0.39 is 0 Å². The Balaban J connectivity index is 2.94. The molecule has 16 heavy (non-hydrogen) atoms. The van der Waals surface area contributed by atoms with Gasteiger partial charge in [-0.15, -0.1) is 0 Å². The van der Waals surface area contributed by atoms with E-state index in [0.29, 0.717) is 0 Å². The molecule has 0 aliphatic rings. The molecule has 0 aromatic heterocycles. The maximum Gasteiger partial charge on any atom is 0.272 e. The first kappa shape index (κ1) is 12.6. The molecule has 0 atom stereocenters. The highest BCUT2D eigenvalue weighted by atomic mass is 16.6. The molecule has 0 heterocycles.